The molecule has 2 fully saturated rings. The summed E-state index contributed by atoms with van der Waals surface area (Å²) in [5.74, 6) is 0.813. The quantitative estimate of drug-likeness (QED) is 0.271. The summed E-state index contributed by atoms with van der Waals surface area (Å²) in [6, 6.07) is 12.2. The van der Waals surface area contributed by atoms with Gasteiger partial charge in [-0.05, 0) is 133 Å². The Morgan fingerprint density at radius 2 is 1.33 bits per heavy atom. The predicted octanol–water partition coefficient (Wildman–Crippen LogP) is 5.71. The average Bonchev–Trinajstić information content (AvgIpc) is 2.99. The fourth-order valence-corrected chi connectivity index (χ4v) is 9.55. The van der Waals surface area contributed by atoms with Gasteiger partial charge in [-0.1, -0.05) is 39.8 Å². The molecular weight excluding hydrogens is 538 g/mol. The van der Waals surface area contributed by atoms with Gasteiger partial charge in [-0.2, -0.15) is 0 Å². The first-order valence-electron chi connectivity index (χ1n) is 16.2. The van der Waals surface area contributed by atoms with E-state index in [1.807, 2.05) is 18.2 Å². The highest BCUT2D eigenvalue weighted by Gasteiger charge is 2.55. The Bertz CT molecular complexity index is 1450. The minimum Gasteiger partial charge on any atom is -0.399 e. The summed E-state index contributed by atoms with van der Waals surface area (Å²) in [7, 11) is 0. The summed E-state index contributed by atoms with van der Waals surface area (Å²) in [4.78, 5) is 40.4. The minimum absolute atomic E-state index is 0.0943. The number of hydrogen-bond donors (Lipinski definition) is 4. The summed E-state index contributed by atoms with van der Waals surface area (Å²) in [6.07, 6.45) is 6.98. The molecule has 4 aliphatic rings. The van der Waals surface area contributed by atoms with Gasteiger partial charge in [-0.15, -0.1) is 0 Å². The van der Waals surface area contributed by atoms with Crippen molar-refractivity contribution < 1.29 is 19.5 Å². The highest BCUT2D eigenvalue weighted by Crippen LogP contribution is 2.58. The van der Waals surface area contributed by atoms with Crippen molar-refractivity contribution in [3.05, 3.63) is 58.7 Å². The number of aliphatic hydroxyl groups excluding tert-OH is 1. The second-order valence-electron chi connectivity index (χ2n) is 14.6. The van der Waals surface area contributed by atoms with Gasteiger partial charge >= 0.3 is 0 Å². The van der Waals surface area contributed by atoms with Gasteiger partial charge < -0.3 is 16.2 Å². The number of fused-ring (bicyclic) bond motifs is 6. The lowest BCUT2D eigenvalue weighted by molar-refractivity contribution is -0.149. The molecule has 2 aromatic rings. The summed E-state index contributed by atoms with van der Waals surface area (Å²) in [5.41, 5.74) is 11.4. The van der Waals surface area contributed by atoms with Crippen LogP contribution >= 0.6 is 0 Å². The van der Waals surface area contributed by atoms with E-state index in [4.69, 9.17) is 5.73 Å². The zero-order valence-corrected chi connectivity index (χ0v) is 26.0. The normalized spacial score (nSPS) is 34.5. The van der Waals surface area contributed by atoms with Crippen LogP contribution in [0.1, 0.15) is 100 Å². The molecule has 0 aromatic heterocycles. The van der Waals surface area contributed by atoms with Crippen molar-refractivity contribution in [1.29, 1.82) is 0 Å². The molecule has 6 rings (SSSR count). The molecule has 7 heteroatoms. The number of carbonyl (C=O) groups excluding carboxylic acids is 3. The van der Waals surface area contributed by atoms with Crippen molar-refractivity contribution in [2.75, 3.05) is 17.7 Å². The lowest BCUT2D eigenvalue weighted by Gasteiger charge is -2.52. The Labute approximate surface area is 255 Å². The van der Waals surface area contributed by atoms with E-state index in [0.717, 1.165) is 57.1 Å². The number of hydrogen-bond acceptors (Lipinski definition) is 5. The van der Waals surface area contributed by atoms with Crippen LogP contribution in [0.3, 0.4) is 0 Å². The van der Waals surface area contributed by atoms with Crippen LogP contribution in [0.2, 0.25) is 0 Å². The summed E-state index contributed by atoms with van der Waals surface area (Å²) >= 11 is 0. The van der Waals surface area contributed by atoms with Gasteiger partial charge in [0.15, 0.2) is 0 Å². The Balaban J connectivity index is 1.25. The average molecular weight is 586 g/mol. The van der Waals surface area contributed by atoms with Crippen LogP contribution in [0.4, 0.5) is 11.4 Å². The SMILES string of the molecule is C[C@H]1CC[C@](C)(C(=O)NC(=O)[C@@]2(C)CC[C@H](C)[C@@H]3c4cc(NC(=O)CO)ccc4CC[C@H]32)[C@@H]2CCc3ccc(N)cc3[C@H]21. The van der Waals surface area contributed by atoms with Crippen molar-refractivity contribution in [1.82, 2.24) is 5.32 Å². The number of carbonyl (C=O) groups is 3. The molecule has 2 saturated carbocycles. The number of amides is 3. The second-order valence-corrected chi connectivity index (χ2v) is 14.6. The monoisotopic (exact) mass is 585 g/mol. The smallest absolute Gasteiger partial charge is 0.250 e. The third-order valence-electron chi connectivity index (χ3n) is 12.1. The van der Waals surface area contributed by atoms with Crippen LogP contribution in [-0.2, 0) is 27.2 Å². The molecule has 2 aromatic carbocycles. The first-order valence-corrected chi connectivity index (χ1v) is 16.2. The molecule has 0 bridgehead atoms. The van der Waals surface area contributed by atoms with Gasteiger partial charge in [0, 0.05) is 11.4 Å². The number of nitrogens with one attached hydrogen (secondary N) is 2. The lowest BCUT2D eigenvalue weighted by Crippen LogP contribution is -2.57. The van der Waals surface area contributed by atoms with Crippen LogP contribution in [0.25, 0.3) is 0 Å². The van der Waals surface area contributed by atoms with E-state index in [0.29, 0.717) is 17.5 Å². The molecule has 8 atom stereocenters. The number of rotatable bonds is 4. The van der Waals surface area contributed by atoms with Crippen LogP contribution in [0.15, 0.2) is 36.4 Å². The van der Waals surface area contributed by atoms with Crippen molar-refractivity contribution in [2.45, 2.75) is 90.9 Å². The van der Waals surface area contributed by atoms with Crippen LogP contribution in [0.5, 0.6) is 0 Å². The van der Waals surface area contributed by atoms with E-state index in [1.54, 1.807) is 0 Å². The lowest BCUT2D eigenvalue weighted by atomic mass is 9.52. The zero-order chi connectivity index (χ0) is 30.7. The molecule has 43 heavy (non-hydrogen) atoms. The number of imide groups is 1. The van der Waals surface area contributed by atoms with E-state index < -0.39 is 23.3 Å². The first kappa shape index (κ1) is 29.9. The molecule has 0 aliphatic heterocycles. The molecule has 4 aliphatic carbocycles. The van der Waals surface area contributed by atoms with Crippen molar-refractivity contribution in [3.8, 4) is 0 Å². The van der Waals surface area contributed by atoms with Crippen molar-refractivity contribution >= 4 is 29.1 Å². The van der Waals surface area contributed by atoms with Crippen LogP contribution < -0.4 is 16.4 Å². The van der Waals surface area contributed by atoms with E-state index in [-0.39, 0.29) is 35.5 Å². The topological polar surface area (TPSA) is 122 Å². The second kappa shape index (κ2) is 11.1. The van der Waals surface area contributed by atoms with Crippen LogP contribution in [0, 0.1) is 34.5 Å². The van der Waals surface area contributed by atoms with Gasteiger partial charge in [0.2, 0.25) is 17.7 Å². The number of nitrogen functional groups attached to an aromatic ring is 1. The molecule has 0 heterocycles. The summed E-state index contributed by atoms with van der Waals surface area (Å²) in [5, 5.41) is 15.0. The van der Waals surface area contributed by atoms with E-state index in [1.165, 1.54) is 22.3 Å². The van der Waals surface area contributed by atoms with Crippen molar-refractivity contribution in [3.63, 3.8) is 0 Å². The minimum atomic E-state index is -0.666. The first-order chi connectivity index (χ1) is 20.5. The summed E-state index contributed by atoms with van der Waals surface area (Å²) in [6.45, 7) is 8.14. The molecule has 3 amide bonds. The predicted molar refractivity (Wildman–Crippen MR) is 168 cm³/mol. The van der Waals surface area contributed by atoms with Gasteiger partial charge in [0.05, 0.1) is 10.8 Å². The van der Waals surface area contributed by atoms with Crippen molar-refractivity contribution in [2.24, 2.45) is 34.5 Å². The Morgan fingerprint density at radius 1 is 0.814 bits per heavy atom. The molecule has 0 saturated heterocycles. The summed E-state index contributed by atoms with van der Waals surface area (Å²) < 4.78 is 0. The van der Waals surface area contributed by atoms with Gasteiger partial charge in [-0.25, -0.2) is 0 Å². The maximum Gasteiger partial charge on any atom is 0.250 e. The third-order valence-corrected chi connectivity index (χ3v) is 12.1. The fraction of sp³-hybridized carbons (Fsp3) is 0.583. The number of benzene rings is 2. The molecule has 230 valence electrons. The van der Waals surface area contributed by atoms with E-state index in [9.17, 15) is 19.5 Å². The van der Waals surface area contributed by atoms with E-state index >= 15 is 0 Å². The highest BCUT2D eigenvalue weighted by molar-refractivity contribution is 6.00. The molecule has 0 spiro atoms. The number of aryl methyl sites for hydroxylation is 2. The molecule has 0 unspecified atom stereocenters. The third kappa shape index (κ3) is 4.98. The molecule has 0 radical (unpaired) electrons. The zero-order valence-electron chi connectivity index (χ0n) is 26.0. The number of aliphatic hydroxyl groups is 1. The highest BCUT2D eigenvalue weighted by atomic mass is 16.3. The Hall–Kier alpha value is -3.19. The number of nitrogens with two attached hydrogens (primary N) is 1. The maximum absolute atomic E-state index is 14.3. The standard InChI is InChI=1S/C36H47N3O4/c1-20-13-15-35(3,28-11-7-22-5-9-24(37)17-26(22)31(20)28)33(42)39-34(43)36(4)16-14-21(2)32-27-18-25(38-30(41)19-40)10-6-23(27)8-12-29(32)36/h5-6,9-10,17-18,20-21,28-29,31-32,40H,7-8,11-16,19,37H2,1-4H3,(H,38,41)(H,39,42,43)/t20-,21-,28+,29+,31+,32+,35-,36-/m0/s1. The van der Waals surface area contributed by atoms with Gasteiger partial charge in [-0.3, -0.25) is 19.7 Å². The van der Waals surface area contributed by atoms with Gasteiger partial charge in [0.25, 0.3) is 0 Å². The largest absolute Gasteiger partial charge is 0.399 e. The Kier molecular flexibility index (Phi) is 7.68. The molecule has 7 nitrogen and oxygen atoms in total. The van der Waals surface area contributed by atoms with E-state index in [2.05, 4.69) is 56.5 Å². The molecular formula is C36H47N3O4. The van der Waals surface area contributed by atoms with Crippen LogP contribution in [-0.4, -0.2) is 29.4 Å². The fourth-order valence-electron chi connectivity index (χ4n) is 9.55. The number of anilines is 2. The maximum atomic E-state index is 14.3. The van der Waals surface area contributed by atoms with Gasteiger partial charge in [0.1, 0.15) is 6.61 Å². The molecule has 5 N–H and O–H groups in total. The Morgan fingerprint density at radius 3 is 1.86 bits per heavy atom.